The van der Waals surface area contributed by atoms with E-state index in [1.807, 2.05) is 6.92 Å². The van der Waals surface area contributed by atoms with Gasteiger partial charge in [-0.05, 0) is 56.4 Å². The Bertz CT molecular complexity index is 440. The van der Waals surface area contributed by atoms with Crippen LogP contribution in [0.2, 0.25) is 0 Å². The second-order valence-corrected chi connectivity index (χ2v) is 5.10. The minimum absolute atomic E-state index is 0.267. The van der Waals surface area contributed by atoms with Crippen molar-refractivity contribution in [2.45, 2.75) is 53.1 Å². The van der Waals surface area contributed by atoms with Gasteiger partial charge in [-0.3, -0.25) is 10.1 Å². The van der Waals surface area contributed by atoms with Crippen LogP contribution in [-0.4, -0.2) is 11.9 Å². The van der Waals surface area contributed by atoms with Crippen LogP contribution in [0.25, 0.3) is 0 Å². The molecule has 0 aromatic heterocycles. The molecule has 0 aliphatic heterocycles. The van der Waals surface area contributed by atoms with E-state index in [4.69, 9.17) is 5.73 Å². The van der Waals surface area contributed by atoms with Gasteiger partial charge in [0.05, 0.1) is 0 Å². The summed E-state index contributed by atoms with van der Waals surface area (Å²) in [5, 5.41) is 3.30. The van der Waals surface area contributed by atoms with E-state index >= 15 is 0 Å². The monoisotopic (exact) mass is 248 g/mol. The normalized spacial score (nSPS) is 14.3. The Kier molecular flexibility index (Phi) is 4.91. The SMILES string of the molecule is CCC(C)NC(C(N)=O)c1cc(C)c(C)cc1C. The van der Waals surface area contributed by atoms with Gasteiger partial charge in [-0.2, -0.15) is 0 Å². The minimum atomic E-state index is -0.403. The van der Waals surface area contributed by atoms with Crippen LogP contribution >= 0.6 is 0 Å². The number of aryl methyl sites for hydroxylation is 3. The molecule has 1 rings (SSSR count). The number of rotatable bonds is 5. The largest absolute Gasteiger partial charge is 0.368 e. The Morgan fingerprint density at radius 1 is 1.22 bits per heavy atom. The molecule has 3 nitrogen and oxygen atoms in total. The average molecular weight is 248 g/mol. The van der Waals surface area contributed by atoms with Crippen LogP contribution in [0.15, 0.2) is 12.1 Å². The summed E-state index contributed by atoms with van der Waals surface area (Å²) in [4.78, 5) is 11.7. The number of hydrogen-bond acceptors (Lipinski definition) is 2. The second-order valence-electron chi connectivity index (χ2n) is 5.10. The van der Waals surface area contributed by atoms with Crippen molar-refractivity contribution >= 4 is 5.91 Å². The average Bonchev–Trinajstić information content (AvgIpc) is 2.30. The molecule has 0 saturated carbocycles. The molecule has 0 spiro atoms. The van der Waals surface area contributed by atoms with Gasteiger partial charge in [0, 0.05) is 6.04 Å². The highest BCUT2D eigenvalue weighted by Crippen LogP contribution is 2.22. The summed E-state index contributed by atoms with van der Waals surface area (Å²) in [6.45, 7) is 10.3. The molecule has 0 saturated heterocycles. The molecule has 0 heterocycles. The van der Waals surface area contributed by atoms with Crippen LogP contribution < -0.4 is 11.1 Å². The van der Waals surface area contributed by atoms with Crippen molar-refractivity contribution in [1.82, 2.24) is 5.32 Å². The Morgan fingerprint density at radius 3 is 2.28 bits per heavy atom. The zero-order valence-corrected chi connectivity index (χ0v) is 12.0. The highest BCUT2D eigenvalue weighted by molar-refractivity contribution is 5.82. The molecular weight excluding hydrogens is 224 g/mol. The number of nitrogens with one attached hydrogen (secondary N) is 1. The maximum atomic E-state index is 11.7. The van der Waals surface area contributed by atoms with Gasteiger partial charge in [-0.25, -0.2) is 0 Å². The molecule has 0 bridgehead atoms. The van der Waals surface area contributed by atoms with Gasteiger partial charge < -0.3 is 5.73 Å². The zero-order chi connectivity index (χ0) is 13.9. The number of carbonyl (C=O) groups excluding carboxylic acids is 1. The maximum absolute atomic E-state index is 11.7. The van der Waals surface area contributed by atoms with Gasteiger partial charge in [-0.1, -0.05) is 19.1 Å². The van der Waals surface area contributed by atoms with E-state index in [1.54, 1.807) is 0 Å². The van der Waals surface area contributed by atoms with Crippen LogP contribution in [0.4, 0.5) is 0 Å². The summed E-state index contributed by atoms with van der Waals surface area (Å²) >= 11 is 0. The Balaban J connectivity index is 3.14. The van der Waals surface area contributed by atoms with E-state index < -0.39 is 6.04 Å². The van der Waals surface area contributed by atoms with Gasteiger partial charge in [-0.15, -0.1) is 0 Å². The number of amides is 1. The molecule has 1 aromatic rings. The van der Waals surface area contributed by atoms with Crippen molar-refractivity contribution in [2.75, 3.05) is 0 Å². The van der Waals surface area contributed by atoms with Crippen molar-refractivity contribution in [3.63, 3.8) is 0 Å². The Hall–Kier alpha value is -1.35. The van der Waals surface area contributed by atoms with Gasteiger partial charge in [0.1, 0.15) is 6.04 Å². The first-order valence-corrected chi connectivity index (χ1v) is 6.49. The fraction of sp³-hybridized carbons (Fsp3) is 0.533. The molecule has 18 heavy (non-hydrogen) atoms. The summed E-state index contributed by atoms with van der Waals surface area (Å²) in [6.07, 6.45) is 0.966. The molecular formula is C15H24N2O. The lowest BCUT2D eigenvalue weighted by atomic mass is 9.95. The summed E-state index contributed by atoms with van der Waals surface area (Å²) in [6, 6.07) is 4.04. The second kappa shape index (κ2) is 6.01. The predicted molar refractivity (Wildman–Crippen MR) is 75.5 cm³/mol. The van der Waals surface area contributed by atoms with Gasteiger partial charge in [0.25, 0.3) is 0 Å². The number of benzene rings is 1. The first-order valence-electron chi connectivity index (χ1n) is 6.49. The fourth-order valence-corrected chi connectivity index (χ4v) is 2.02. The first kappa shape index (κ1) is 14.7. The van der Waals surface area contributed by atoms with Crippen LogP contribution in [0.5, 0.6) is 0 Å². The minimum Gasteiger partial charge on any atom is -0.368 e. The lowest BCUT2D eigenvalue weighted by molar-refractivity contribution is -0.120. The van der Waals surface area contributed by atoms with Crippen molar-refractivity contribution in [3.05, 3.63) is 34.4 Å². The standard InChI is InChI=1S/C15H24N2O/c1-6-12(5)17-14(15(16)18)13-8-10(3)9(2)7-11(13)4/h7-8,12,14,17H,6H2,1-5H3,(H2,16,18). The van der Waals surface area contributed by atoms with E-state index in [9.17, 15) is 4.79 Å². The molecule has 2 atom stereocenters. The summed E-state index contributed by atoms with van der Waals surface area (Å²) < 4.78 is 0. The topological polar surface area (TPSA) is 55.1 Å². The number of nitrogens with two attached hydrogens (primary N) is 1. The lowest BCUT2D eigenvalue weighted by Crippen LogP contribution is -2.38. The maximum Gasteiger partial charge on any atom is 0.239 e. The van der Waals surface area contributed by atoms with E-state index in [1.165, 1.54) is 11.1 Å². The molecule has 0 fully saturated rings. The highest BCUT2D eigenvalue weighted by Gasteiger charge is 2.21. The molecule has 3 N–H and O–H groups in total. The van der Waals surface area contributed by atoms with Gasteiger partial charge in [0.15, 0.2) is 0 Å². The third-order valence-electron chi connectivity index (χ3n) is 3.54. The quantitative estimate of drug-likeness (QED) is 0.841. The molecule has 0 aliphatic carbocycles. The molecule has 1 amide bonds. The van der Waals surface area contributed by atoms with E-state index in [0.29, 0.717) is 0 Å². The van der Waals surface area contributed by atoms with Gasteiger partial charge >= 0.3 is 0 Å². The third kappa shape index (κ3) is 3.33. The number of carbonyl (C=O) groups is 1. The third-order valence-corrected chi connectivity index (χ3v) is 3.54. The predicted octanol–water partition coefficient (Wildman–Crippen LogP) is 2.53. The summed E-state index contributed by atoms with van der Waals surface area (Å²) in [7, 11) is 0. The van der Waals surface area contributed by atoms with Crippen molar-refractivity contribution in [2.24, 2.45) is 5.73 Å². The van der Waals surface area contributed by atoms with Crippen molar-refractivity contribution in [1.29, 1.82) is 0 Å². The molecule has 3 heteroatoms. The highest BCUT2D eigenvalue weighted by atomic mass is 16.1. The van der Waals surface area contributed by atoms with E-state index in [2.05, 4.69) is 45.1 Å². The van der Waals surface area contributed by atoms with E-state index in [-0.39, 0.29) is 11.9 Å². The van der Waals surface area contributed by atoms with E-state index in [0.717, 1.165) is 17.5 Å². The van der Waals surface area contributed by atoms with Crippen LogP contribution in [0, 0.1) is 20.8 Å². The molecule has 1 aromatic carbocycles. The van der Waals surface area contributed by atoms with Gasteiger partial charge in [0.2, 0.25) is 5.91 Å². The summed E-state index contributed by atoms with van der Waals surface area (Å²) in [5.74, 6) is -0.318. The number of primary amides is 1. The Morgan fingerprint density at radius 2 is 1.78 bits per heavy atom. The molecule has 2 unspecified atom stereocenters. The van der Waals surface area contributed by atoms with Crippen LogP contribution in [-0.2, 0) is 4.79 Å². The molecule has 0 radical (unpaired) electrons. The lowest BCUT2D eigenvalue weighted by Gasteiger charge is -2.22. The van der Waals surface area contributed by atoms with Crippen molar-refractivity contribution in [3.8, 4) is 0 Å². The smallest absolute Gasteiger partial charge is 0.239 e. The van der Waals surface area contributed by atoms with Crippen LogP contribution in [0.1, 0.15) is 48.6 Å². The first-order chi connectivity index (χ1) is 8.36. The van der Waals surface area contributed by atoms with Crippen LogP contribution in [0.3, 0.4) is 0 Å². The fourth-order valence-electron chi connectivity index (χ4n) is 2.02. The van der Waals surface area contributed by atoms with Crippen molar-refractivity contribution < 1.29 is 4.79 Å². The number of hydrogen-bond donors (Lipinski definition) is 2. The summed E-state index contributed by atoms with van der Waals surface area (Å²) in [5.41, 5.74) is 10.1. The molecule has 0 aliphatic rings. The Labute approximate surface area is 110 Å². The zero-order valence-electron chi connectivity index (χ0n) is 12.0. The molecule has 100 valence electrons.